The van der Waals surface area contributed by atoms with Crippen LogP contribution in [0.2, 0.25) is 30.7 Å². The van der Waals surface area contributed by atoms with Crippen molar-refractivity contribution in [1.82, 2.24) is 9.55 Å². The monoisotopic (exact) mass is 486 g/mol. The maximum atomic E-state index is 14.1. The van der Waals surface area contributed by atoms with Crippen molar-refractivity contribution in [1.29, 1.82) is 5.26 Å². The highest BCUT2D eigenvalue weighted by Crippen LogP contribution is 2.38. The molecule has 10 heteroatoms. The van der Waals surface area contributed by atoms with E-state index in [-0.39, 0.29) is 45.7 Å². The molecule has 0 unspecified atom stereocenters. The van der Waals surface area contributed by atoms with Gasteiger partial charge in [0.2, 0.25) is 5.95 Å². The number of hydrogen-bond acceptors (Lipinski definition) is 5. The van der Waals surface area contributed by atoms with E-state index in [9.17, 15) is 19.6 Å². The number of amides is 1. The first-order chi connectivity index (χ1) is 15.6. The van der Waals surface area contributed by atoms with Gasteiger partial charge in [-0.05, 0) is 24.2 Å². The maximum Gasteiger partial charge on any atom is 0.262 e. The molecule has 0 saturated heterocycles. The van der Waals surface area contributed by atoms with Gasteiger partial charge in [-0.3, -0.25) is 14.7 Å². The average molecular weight is 487 g/mol. The summed E-state index contributed by atoms with van der Waals surface area (Å²) >= 11 is 6.13. The number of nitriles is 1. The molecule has 1 aromatic heterocycles. The Morgan fingerprint density at radius 3 is 2.79 bits per heavy atom. The minimum absolute atomic E-state index is 0.0315. The number of phenolic OH excluding ortho intramolecular Hbond substituents is 1. The lowest BCUT2D eigenvalue weighted by Gasteiger charge is -2.17. The number of halogens is 2. The molecular weight excluding hydrogens is 463 g/mol. The van der Waals surface area contributed by atoms with E-state index in [0.717, 1.165) is 6.04 Å². The number of ether oxygens (including phenoxy) is 1. The molecule has 7 nitrogen and oxygen atoms in total. The molecule has 2 aromatic carbocycles. The highest BCUT2D eigenvalue weighted by Gasteiger charge is 2.24. The summed E-state index contributed by atoms with van der Waals surface area (Å²) in [7, 11) is -1.24. The van der Waals surface area contributed by atoms with Crippen LogP contribution >= 0.6 is 11.6 Å². The van der Waals surface area contributed by atoms with Crippen LogP contribution in [0.15, 0.2) is 42.7 Å². The summed E-state index contributed by atoms with van der Waals surface area (Å²) in [6.45, 7) is 7.54. The van der Waals surface area contributed by atoms with E-state index in [1.807, 2.05) is 6.07 Å². The second-order valence-corrected chi connectivity index (χ2v) is 14.6. The number of imidazole rings is 1. The van der Waals surface area contributed by atoms with E-state index in [2.05, 4.69) is 29.9 Å². The Balaban J connectivity index is 1.91. The first kappa shape index (κ1) is 24.4. The van der Waals surface area contributed by atoms with E-state index >= 15 is 0 Å². The first-order valence-electron chi connectivity index (χ1n) is 10.2. The van der Waals surface area contributed by atoms with Crippen LogP contribution < -0.4 is 5.32 Å². The van der Waals surface area contributed by atoms with Gasteiger partial charge in [0.1, 0.15) is 18.3 Å². The summed E-state index contributed by atoms with van der Waals surface area (Å²) in [5, 5.41) is 22.5. The molecule has 172 valence electrons. The molecule has 0 spiro atoms. The second-order valence-electron chi connectivity index (χ2n) is 8.62. The van der Waals surface area contributed by atoms with Crippen molar-refractivity contribution in [2.75, 3.05) is 11.9 Å². The number of benzene rings is 2. The summed E-state index contributed by atoms with van der Waals surface area (Å²) in [4.78, 5) is 17.3. The number of aromatic nitrogens is 2. The van der Waals surface area contributed by atoms with Gasteiger partial charge in [-0.15, -0.1) is 0 Å². The fourth-order valence-corrected chi connectivity index (χ4v) is 4.11. The van der Waals surface area contributed by atoms with E-state index in [1.54, 1.807) is 10.8 Å². The molecule has 0 aliphatic heterocycles. The van der Waals surface area contributed by atoms with Gasteiger partial charge in [0.05, 0.1) is 22.2 Å². The number of rotatable bonds is 8. The van der Waals surface area contributed by atoms with Crippen molar-refractivity contribution in [3.8, 4) is 22.9 Å². The third-order valence-electron chi connectivity index (χ3n) is 4.92. The zero-order valence-electron chi connectivity index (χ0n) is 18.5. The molecule has 1 heterocycles. The Morgan fingerprint density at radius 2 is 2.09 bits per heavy atom. The van der Waals surface area contributed by atoms with Crippen molar-refractivity contribution < 1.29 is 19.0 Å². The fraction of sp³-hybridized carbons (Fsp3) is 0.261. The van der Waals surface area contributed by atoms with Crippen LogP contribution in [0.5, 0.6) is 5.75 Å². The van der Waals surface area contributed by atoms with Gasteiger partial charge in [-0.25, -0.2) is 9.37 Å². The zero-order chi connectivity index (χ0) is 24.2. The molecule has 3 aromatic rings. The standard InChI is InChI=1S/C23H24ClFN4O3Si/c1-33(2,3)12-11-32-14-29-10-9-27-23(29)28-22(31)20-18(30)8-7-15(13-26)19(20)16-5-4-6-17(25)21(16)24/h4-10,30H,11-12,14H2,1-3H3,(H,27,28,31). The van der Waals surface area contributed by atoms with Gasteiger partial charge in [0.15, 0.2) is 0 Å². The van der Waals surface area contributed by atoms with Crippen molar-refractivity contribution in [2.24, 2.45) is 0 Å². The number of carbonyl (C=O) groups excluding carboxylic acids is 1. The maximum absolute atomic E-state index is 14.1. The van der Waals surface area contributed by atoms with Crippen molar-refractivity contribution in [2.45, 2.75) is 32.4 Å². The number of nitrogens with zero attached hydrogens (tertiary/aromatic N) is 3. The first-order valence-corrected chi connectivity index (χ1v) is 14.3. The van der Waals surface area contributed by atoms with E-state index < -0.39 is 19.8 Å². The van der Waals surface area contributed by atoms with Crippen LogP contribution in [-0.4, -0.2) is 35.2 Å². The van der Waals surface area contributed by atoms with Crippen LogP contribution in [0.25, 0.3) is 11.1 Å². The van der Waals surface area contributed by atoms with Gasteiger partial charge in [-0.1, -0.05) is 43.4 Å². The molecule has 2 N–H and O–H groups in total. The SMILES string of the molecule is C[Si](C)(C)CCOCn1ccnc1NC(=O)c1c(O)ccc(C#N)c1-c1cccc(F)c1Cl. The van der Waals surface area contributed by atoms with Crippen molar-refractivity contribution >= 4 is 31.5 Å². The molecule has 0 saturated carbocycles. The molecule has 33 heavy (non-hydrogen) atoms. The molecule has 0 fully saturated rings. The lowest BCUT2D eigenvalue weighted by Crippen LogP contribution is -2.22. The summed E-state index contributed by atoms with van der Waals surface area (Å²) in [6, 6.07) is 9.60. The van der Waals surface area contributed by atoms with Gasteiger partial charge in [-0.2, -0.15) is 5.26 Å². The van der Waals surface area contributed by atoms with Gasteiger partial charge in [0, 0.05) is 38.2 Å². The number of hydrogen-bond donors (Lipinski definition) is 2. The van der Waals surface area contributed by atoms with E-state index in [1.165, 1.54) is 36.5 Å². The van der Waals surface area contributed by atoms with Crippen LogP contribution in [0.1, 0.15) is 15.9 Å². The summed E-state index contributed by atoms with van der Waals surface area (Å²) in [5.41, 5.74) is -0.00416. The predicted molar refractivity (Wildman–Crippen MR) is 128 cm³/mol. The smallest absolute Gasteiger partial charge is 0.262 e. The van der Waals surface area contributed by atoms with Crippen LogP contribution in [0.3, 0.4) is 0 Å². The van der Waals surface area contributed by atoms with Crippen molar-refractivity contribution in [3.05, 3.63) is 64.7 Å². The molecule has 0 aliphatic carbocycles. The summed E-state index contributed by atoms with van der Waals surface area (Å²) in [6.07, 6.45) is 3.16. The minimum atomic E-state index is -1.24. The van der Waals surface area contributed by atoms with Crippen LogP contribution in [0.4, 0.5) is 10.3 Å². The zero-order valence-corrected chi connectivity index (χ0v) is 20.3. The fourth-order valence-electron chi connectivity index (χ4n) is 3.13. The Kier molecular flexibility index (Phi) is 7.53. The third kappa shape index (κ3) is 5.79. The lowest BCUT2D eigenvalue weighted by atomic mass is 9.93. The molecule has 0 atom stereocenters. The van der Waals surface area contributed by atoms with E-state index in [0.29, 0.717) is 6.61 Å². The quantitative estimate of drug-likeness (QED) is 0.324. The molecule has 1 amide bonds. The van der Waals surface area contributed by atoms with Gasteiger partial charge >= 0.3 is 0 Å². The number of nitrogens with one attached hydrogen (secondary N) is 1. The molecule has 0 aliphatic rings. The summed E-state index contributed by atoms with van der Waals surface area (Å²) in [5.74, 6) is -1.62. The summed E-state index contributed by atoms with van der Waals surface area (Å²) < 4.78 is 21.4. The second kappa shape index (κ2) is 10.2. The highest BCUT2D eigenvalue weighted by atomic mass is 35.5. The molecule has 0 radical (unpaired) electrons. The number of carbonyl (C=O) groups is 1. The minimum Gasteiger partial charge on any atom is -0.507 e. The van der Waals surface area contributed by atoms with Crippen LogP contribution in [-0.2, 0) is 11.5 Å². The Bertz CT molecular complexity index is 1220. The lowest BCUT2D eigenvalue weighted by molar-refractivity contribution is 0.0879. The topological polar surface area (TPSA) is 100 Å². The van der Waals surface area contributed by atoms with E-state index in [4.69, 9.17) is 16.3 Å². The Labute approximate surface area is 197 Å². The third-order valence-corrected chi connectivity index (χ3v) is 7.01. The number of aromatic hydroxyl groups is 1. The normalized spacial score (nSPS) is 11.3. The Morgan fingerprint density at radius 1 is 1.33 bits per heavy atom. The molecule has 0 bridgehead atoms. The van der Waals surface area contributed by atoms with Gasteiger partial charge in [0.25, 0.3) is 5.91 Å². The van der Waals surface area contributed by atoms with Crippen LogP contribution in [0, 0.1) is 17.1 Å². The predicted octanol–water partition coefficient (Wildman–Crippen LogP) is 5.48. The number of phenols is 1. The van der Waals surface area contributed by atoms with Gasteiger partial charge < -0.3 is 9.84 Å². The van der Waals surface area contributed by atoms with Crippen molar-refractivity contribution in [3.63, 3.8) is 0 Å². The molecule has 3 rings (SSSR count). The molecular formula is C23H24ClFN4O3Si. The Hall–Kier alpha value is -3.19. The largest absolute Gasteiger partial charge is 0.507 e. The number of anilines is 1. The highest BCUT2D eigenvalue weighted by molar-refractivity contribution is 6.76. The average Bonchev–Trinajstić information content (AvgIpc) is 3.19.